The Morgan fingerprint density at radius 1 is 0.828 bits per heavy atom. The molecule has 0 bridgehead atoms. The SMILES string of the molecule is Cc1ccc(N/C(=C2/C(=O)C(=O)SC2=Nc2ccccc2)c2ccccc2)cc1. The maximum atomic E-state index is 12.8. The molecular formula is C24H18N2O2S. The van der Waals surface area contributed by atoms with Gasteiger partial charge in [0.05, 0.1) is 17.0 Å². The molecule has 142 valence electrons. The Balaban J connectivity index is 1.88. The van der Waals surface area contributed by atoms with E-state index in [9.17, 15) is 9.59 Å². The third kappa shape index (κ3) is 4.20. The van der Waals surface area contributed by atoms with E-state index in [2.05, 4.69) is 10.3 Å². The molecule has 0 atom stereocenters. The minimum atomic E-state index is -0.539. The number of Topliss-reactive ketones (excluding diaryl/α,β-unsaturated/α-hetero) is 1. The number of nitrogens with zero attached hydrogens (tertiary/aromatic N) is 1. The molecule has 4 rings (SSSR count). The van der Waals surface area contributed by atoms with Crippen LogP contribution in [0.5, 0.6) is 0 Å². The Kier molecular flexibility index (Phi) is 5.40. The molecule has 4 nitrogen and oxygen atoms in total. The van der Waals surface area contributed by atoms with Crippen LogP contribution in [0.3, 0.4) is 0 Å². The van der Waals surface area contributed by atoms with Gasteiger partial charge in [-0.2, -0.15) is 0 Å². The lowest BCUT2D eigenvalue weighted by Crippen LogP contribution is -2.13. The summed E-state index contributed by atoms with van der Waals surface area (Å²) in [5, 5.41) is 3.23. The number of ketones is 1. The van der Waals surface area contributed by atoms with Crippen molar-refractivity contribution in [3.8, 4) is 0 Å². The molecule has 0 saturated carbocycles. The van der Waals surface area contributed by atoms with Gasteiger partial charge in [0.1, 0.15) is 5.04 Å². The summed E-state index contributed by atoms with van der Waals surface area (Å²) in [6.07, 6.45) is 0. The molecular weight excluding hydrogens is 380 g/mol. The van der Waals surface area contributed by atoms with E-state index >= 15 is 0 Å². The Labute approximate surface area is 173 Å². The minimum absolute atomic E-state index is 0.302. The highest BCUT2D eigenvalue weighted by molar-refractivity contribution is 8.29. The maximum absolute atomic E-state index is 12.8. The van der Waals surface area contributed by atoms with E-state index in [4.69, 9.17) is 0 Å². The van der Waals surface area contributed by atoms with Gasteiger partial charge in [0.2, 0.25) is 5.78 Å². The van der Waals surface area contributed by atoms with E-state index < -0.39 is 10.9 Å². The number of aliphatic imine (C=N–C) groups is 1. The summed E-state index contributed by atoms with van der Waals surface area (Å²) in [7, 11) is 0. The van der Waals surface area contributed by atoms with Gasteiger partial charge >= 0.3 is 0 Å². The first-order valence-electron chi connectivity index (χ1n) is 9.16. The van der Waals surface area contributed by atoms with Crippen LogP contribution >= 0.6 is 11.8 Å². The van der Waals surface area contributed by atoms with E-state index in [1.807, 2.05) is 91.9 Å². The monoisotopic (exact) mass is 398 g/mol. The van der Waals surface area contributed by atoms with Crippen molar-refractivity contribution in [1.82, 2.24) is 0 Å². The van der Waals surface area contributed by atoms with Crippen LogP contribution in [0.15, 0.2) is 95.5 Å². The van der Waals surface area contributed by atoms with Crippen LogP contribution in [0.2, 0.25) is 0 Å². The van der Waals surface area contributed by atoms with Crippen molar-refractivity contribution in [2.24, 2.45) is 4.99 Å². The lowest BCUT2D eigenvalue weighted by atomic mass is 10.0. The molecule has 0 radical (unpaired) electrons. The second-order valence-corrected chi connectivity index (χ2v) is 7.54. The van der Waals surface area contributed by atoms with Crippen LogP contribution in [0.4, 0.5) is 11.4 Å². The molecule has 1 N–H and O–H groups in total. The van der Waals surface area contributed by atoms with Crippen LogP contribution in [0.1, 0.15) is 11.1 Å². The van der Waals surface area contributed by atoms with Gasteiger partial charge in [-0.15, -0.1) is 0 Å². The number of rotatable bonds is 4. The van der Waals surface area contributed by atoms with E-state index in [0.717, 1.165) is 28.6 Å². The molecule has 29 heavy (non-hydrogen) atoms. The number of carbonyl (C=O) groups excluding carboxylic acids is 2. The molecule has 3 aromatic rings. The van der Waals surface area contributed by atoms with Crippen LogP contribution in [0.25, 0.3) is 5.70 Å². The minimum Gasteiger partial charge on any atom is -0.354 e. The van der Waals surface area contributed by atoms with E-state index in [1.54, 1.807) is 0 Å². The second-order valence-electron chi connectivity index (χ2n) is 6.58. The number of nitrogens with one attached hydrogen (secondary N) is 1. The van der Waals surface area contributed by atoms with Gasteiger partial charge in [-0.1, -0.05) is 66.2 Å². The summed E-state index contributed by atoms with van der Waals surface area (Å²) in [6, 6.07) is 26.7. The first-order valence-corrected chi connectivity index (χ1v) is 9.97. The molecule has 3 aromatic carbocycles. The highest BCUT2D eigenvalue weighted by Gasteiger charge is 2.37. The lowest BCUT2D eigenvalue weighted by molar-refractivity contribution is -0.128. The number of hydrogen-bond acceptors (Lipinski definition) is 5. The van der Waals surface area contributed by atoms with Gasteiger partial charge in [-0.3, -0.25) is 9.59 Å². The van der Waals surface area contributed by atoms with Crippen molar-refractivity contribution >= 4 is 44.8 Å². The third-order valence-corrected chi connectivity index (χ3v) is 5.30. The van der Waals surface area contributed by atoms with Crippen molar-refractivity contribution in [2.45, 2.75) is 6.92 Å². The molecule has 5 heteroatoms. The zero-order chi connectivity index (χ0) is 20.2. The van der Waals surface area contributed by atoms with E-state index in [1.165, 1.54) is 0 Å². The quantitative estimate of drug-likeness (QED) is 0.473. The fraction of sp³-hybridized carbons (Fsp3) is 0.0417. The van der Waals surface area contributed by atoms with Crippen molar-refractivity contribution in [1.29, 1.82) is 0 Å². The summed E-state index contributed by atoms with van der Waals surface area (Å²) in [6.45, 7) is 2.01. The number of anilines is 1. The zero-order valence-corrected chi connectivity index (χ0v) is 16.6. The molecule has 1 fully saturated rings. The first kappa shape index (κ1) is 18.9. The fourth-order valence-electron chi connectivity index (χ4n) is 2.97. The van der Waals surface area contributed by atoms with Gasteiger partial charge < -0.3 is 5.32 Å². The average Bonchev–Trinajstić information content (AvgIpc) is 3.02. The van der Waals surface area contributed by atoms with Crippen LogP contribution in [-0.2, 0) is 9.59 Å². The number of hydrogen-bond donors (Lipinski definition) is 1. The third-order valence-electron chi connectivity index (χ3n) is 4.44. The number of thioether (sulfide) groups is 1. The summed E-state index contributed by atoms with van der Waals surface area (Å²) in [4.78, 5) is 29.7. The van der Waals surface area contributed by atoms with Crippen LogP contribution in [-0.4, -0.2) is 15.9 Å². The molecule has 0 unspecified atom stereocenters. The highest BCUT2D eigenvalue weighted by Crippen LogP contribution is 2.34. The fourth-order valence-corrected chi connectivity index (χ4v) is 3.79. The number of aryl methyl sites for hydroxylation is 1. The largest absolute Gasteiger partial charge is 0.354 e. The molecule has 1 aliphatic heterocycles. The van der Waals surface area contributed by atoms with Crippen molar-refractivity contribution in [3.05, 3.63) is 102 Å². The molecule has 1 saturated heterocycles. The molecule has 1 heterocycles. The molecule has 0 aromatic heterocycles. The van der Waals surface area contributed by atoms with Gasteiger partial charge in [0, 0.05) is 5.69 Å². The molecule has 0 amide bonds. The Morgan fingerprint density at radius 3 is 2.10 bits per heavy atom. The number of carbonyl (C=O) groups is 2. The normalized spacial score (nSPS) is 16.9. The highest BCUT2D eigenvalue weighted by atomic mass is 32.2. The van der Waals surface area contributed by atoms with Gasteiger partial charge in [-0.05, 0) is 48.5 Å². The van der Waals surface area contributed by atoms with Gasteiger partial charge in [-0.25, -0.2) is 4.99 Å². The zero-order valence-electron chi connectivity index (χ0n) is 15.8. The summed E-state index contributed by atoms with van der Waals surface area (Å²) >= 11 is 0.876. The molecule has 0 aliphatic carbocycles. The Hall–Kier alpha value is -3.44. The Bertz CT molecular complexity index is 1120. The van der Waals surface area contributed by atoms with Crippen molar-refractivity contribution in [2.75, 3.05) is 5.32 Å². The standard InChI is InChI=1S/C24H18N2O2S/c1-16-12-14-19(15-13-16)25-21(17-8-4-2-5-9-17)20-22(27)24(28)29-23(20)26-18-10-6-3-7-11-18/h2-15,25H,1H3/b21-20-,26-23?. The number of para-hydroxylation sites is 1. The summed E-state index contributed by atoms with van der Waals surface area (Å²) in [5.41, 5.74) is 4.35. The van der Waals surface area contributed by atoms with Crippen LogP contribution < -0.4 is 5.32 Å². The second kappa shape index (κ2) is 8.29. The summed E-state index contributed by atoms with van der Waals surface area (Å²) < 4.78 is 0. The van der Waals surface area contributed by atoms with Gasteiger partial charge in [0.15, 0.2) is 0 Å². The van der Waals surface area contributed by atoms with E-state index in [-0.39, 0.29) is 0 Å². The predicted molar refractivity (Wildman–Crippen MR) is 119 cm³/mol. The number of benzene rings is 3. The maximum Gasteiger partial charge on any atom is 0.266 e. The lowest BCUT2D eigenvalue weighted by Gasteiger charge is -2.14. The van der Waals surface area contributed by atoms with E-state index in [0.29, 0.717) is 22.0 Å². The van der Waals surface area contributed by atoms with Crippen molar-refractivity contribution < 1.29 is 9.59 Å². The molecule has 0 spiro atoms. The Morgan fingerprint density at radius 2 is 1.45 bits per heavy atom. The van der Waals surface area contributed by atoms with Crippen molar-refractivity contribution in [3.63, 3.8) is 0 Å². The average molecular weight is 398 g/mol. The predicted octanol–water partition coefficient (Wildman–Crippen LogP) is 5.39. The van der Waals surface area contributed by atoms with Gasteiger partial charge in [0.25, 0.3) is 5.12 Å². The van der Waals surface area contributed by atoms with Crippen LogP contribution in [0, 0.1) is 6.92 Å². The summed E-state index contributed by atoms with van der Waals surface area (Å²) in [5.74, 6) is -0.539. The molecule has 1 aliphatic rings. The first-order chi connectivity index (χ1) is 14.1. The smallest absolute Gasteiger partial charge is 0.266 e. The topological polar surface area (TPSA) is 58.5 Å².